The van der Waals surface area contributed by atoms with Crippen molar-refractivity contribution >= 4 is 5.97 Å². The molecule has 0 aliphatic carbocycles. The van der Waals surface area contributed by atoms with Gasteiger partial charge >= 0.3 is 18.3 Å². The van der Waals surface area contributed by atoms with Crippen molar-refractivity contribution in [3.8, 4) is 0 Å². The van der Waals surface area contributed by atoms with Crippen molar-refractivity contribution in [3.05, 3.63) is 0 Å². The summed E-state index contributed by atoms with van der Waals surface area (Å²) in [6.07, 6.45) is -7.61. The van der Waals surface area contributed by atoms with Gasteiger partial charge in [-0.1, -0.05) is 52.4 Å². The smallest absolute Gasteiger partial charge is 0.414 e. The van der Waals surface area contributed by atoms with Gasteiger partial charge in [-0.3, -0.25) is 4.79 Å². The van der Waals surface area contributed by atoms with Gasteiger partial charge in [-0.25, -0.2) is 0 Å². The summed E-state index contributed by atoms with van der Waals surface area (Å²) in [5.74, 6) is -8.60. The number of halogens is 6. The third-order valence-corrected chi connectivity index (χ3v) is 5.95. The van der Waals surface area contributed by atoms with Crippen LogP contribution < -0.4 is 0 Å². The Balaban J connectivity index is 6.46. The first kappa shape index (κ1) is 30.9. The summed E-state index contributed by atoms with van der Waals surface area (Å²) in [5, 5.41) is 0. The number of rotatable bonds is 15. The van der Waals surface area contributed by atoms with Gasteiger partial charge in [0.05, 0.1) is 6.61 Å². The number of esters is 1. The molecular formula is C21H36F6O5. The Hall–Kier alpha value is -1.07. The minimum Gasteiger partial charge on any atom is -0.465 e. The molecule has 0 aliphatic heterocycles. The molecule has 0 spiro atoms. The van der Waals surface area contributed by atoms with Gasteiger partial charge in [-0.05, 0) is 13.3 Å². The first-order chi connectivity index (χ1) is 14.8. The third kappa shape index (κ3) is 6.50. The molecule has 0 saturated heterocycles. The number of alkyl halides is 6. The van der Waals surface area contributed by atoms with Crippen LogP contribution in [-0.4, -0.2) is 52.2 Å². The zero-order valence-corrected chi connectivity index (χ0v) is 19.6. The summed E-state index contributed by atoms with van der Waals surface area (Å²) in [6, 6.07) is 0. The first-order valence-corrected chi connectivity index (χ1v) is 10.7. The summed E-state index contributed by atoms with van der Waals surface area (Å²) >= 11 is 0. The highest BCUT2D eigenvalue weighted by Crippen LogP contribution is 2.59. The van der Waals surface area contributed by atoms with Gasteiger partial charge in [-0.2, -0.15) is 26.3 Å². The molecule has 0 fully saturated rings. The summed E-state index contributed by atoms with van der Waals surface area (Å²) in [5.41, 5.74) is -4.79. The highest BCUT2D eigenvalue weighted by atomic mass is 19.4. The molecule has 0 saturated carbocycles. The zero-order chi connectivity index (χ0) is 25.2. The van der Waals surface area contributed by atoms with Crippen LogP contribution in [0.25, 0.3) is 0 Å². The van der Waals surface area contributed by atoms with E-state index in [1.807, 2.05) is 6.92 Å². The van der Waals surface area contributed by atoms with E-state index in [-0.39, 0.29) is 6.42 Å². The molecule has 2 atom stereocenters. The largest absolute Gasteiger partial charge is 0.465 e. The van der Waals surface area contributed by atoms with Gasteiger partial charge < -0.3 is 18.9 Å². The van der Waals surface area contributed by atoms with E-state index in [1.54, 1.807) is 0 Å². The molecular weight excluding hydrogens is 446 g/mol. The minimum absolute atomic E-state index is 0.157. The van der Waals surface area contributed by atoms with Gasteiger partial charge in [0.1, 0.15) is 0 Å². The summed E-state index contributed by atoms with van der Waals surface area (Å²) in [6.45, 7) is 3.22. The minimum atomic E-state index is -5.99. The SMILES string of the molecule is CCCCCCCCC(C(C)C(C(=O)OCC)(C(F)(F)F)C(F)(F)F)C(OC)(OC)OC. The number of carbonyl (C=O) groups excluding carboxylic acids is 1. The van der Waals surface area contributed by atoms with Crippen LogP contribution in [0.3, 0.4) is 0 Å². The van der Waals surface area contributed by atoms with Crippen LogP contribution in [0.15, 0.2) is 0 Å². The Bertz CT molecular complexity index is 524. The van der Waals surface area contributed by atoms with E-state index in [2.05, 4.69) is 4.74 Å². The van der Waals surface area contributed by atoms with Crippen molar-refractivity contribution in [2.24, 2.45) is 17.3 Å². The first-order valence-electron chi connectivity index (χ1n) is 10.7. The van der Waals surface area contributed by atoms with Crippen molar-refractivity contribution in [1.29, 1.82) is 0 Å². The van der Waals surface area contributed by atoms with E-state index in [1.165, 1.54) is 0 Å². The second-order valence-electron chi connectivity index (χ2n) is 7.69. The van der Waals surface area contributed by atoms with Crippen molar-refractivity contribution in [2.75, 3.05) is 27.9 Å². The maximum Gasteiger partial charge on any atom is 0.414 e. The van der Waals surface area contributed by atoms with Gasteiger partial charge in [0.25, 0.3) is 11.4 Å². The molecule has 0 aliphatic rings. The Morgan fingerprint density at radius 3 is 1.59 bits per heavy atom. The number of ether oxygens (including phenoxy) is 4. The Kier molecular flexibility index (Phi) is 12.5. The van der Waals surface area contributed by atoms with Crippen LogP contribution in [0.5, 0.6) is 0 Å². The molecule has 192 valence electrons. The maximum absolute atomic E-state index is 14.1. The lowest BCUT2D eigenvalue weighted by Gasteiger charge is -2.47. The quantitative estimate of drug-likeness (QED) is 0.119. The van der Waals surface area contributed by atoms with Gasteiger partial charge in [0.2, 0.25) is 0 Å². The third-order valence-electron chi connectivity index (χ3n) is 5.95. The van der Waals surface area contributed by atoms with E-state index in [4.69, 9.17) is 14.2 Å². The lowest BCUT2D eigenvalue weighted by atomic mass is 9.66. The Morgan fingerprint density at radius 2 is 1.22 bits per heavy atom. The van der Waals surface area contributed by atoms with Crippen LogP contribution in [-0.2, 0) is 23.7 Å². The summed E-state index contributed by atoms with van der Waals surface area (Å²) in [4.78, 5) is 12.4. The topological polar surface area (TPSA) is 54.0 Å². The van der Waals surface area contributed by atoms with Gasteiger partial charge in [0.15, 0.2) is 0 Å². The molecule has 0 rings (SSSR count). The lowest BCUT2D eigenvalue weighted by Crippen LogP contribution is -2.64. The molecule has 32 heavy (non-hydrogen) atoms. The van der Waals surface area contributed by atoms with Gasteiger partial charge in [-0.15, -0.1) is 0 Å². The molecule has 0 aromatic heterocycles. The molecule has 0 aromatic rings. The summed E-state index contributed by atoms with van der Waals surface area (Å²) in [7, 11) is 3.17. The van der Waals surface area contributed by atoms with Crippen LogP contribution in [0.4, 0.5) is 26.3 Å². The maximum atomic E-state index is 14.1. The number of hydrogen-bond acceptors (Lipinski definition) is 5. The van der Waals surface area contributed by atoms with Gasteiger partial charge in [0, 0.05) is 33.2 Å². The molecule has 0 amide bonds. The number of carbonyl (C=O) groups is 1. The molecule has 0 heterocycles. The highest BCUT2D eigenvalue weighted by Gasteiger charge is 2.80. The van der Waals surface area contributed by atoms with Crippen LogP contribution >= 0.6 is 0 Å². The average molecular weight is 483 g/mol. The van der Waals surface area contributed by atoms with E-state index in [0.717, 1.165) is 53.9 Å². The number of hydrogen-bond donors (Lipinski definition) is 0. The average Bonchev–Trinajstić information content (AvgIpc) is 2.68. The molecule has 2 unspecified atom stereocenters. The Morgan fingerprint density at radius 1 is 0.781 bits per heavy atom. The highest BCUT2D eigenvalue weighted by molar-refractivity contribution is 5.79. The zero-order valence-electron chi connectivity index (χ0n) is 19.6. The number of unbranched alkanes of at least 4 members (excludes halogenated alkanes) is 5. The van der Waals surface area contributed by atoms with Crippen LogP contribution in [0, 0.1) is 17.3 Å². The molecule has 11 heteroatoms. The van der Waals surface area contributed by atoms with Crippen molar-refractivity contribution in [3.63, 3.8) is 0 Å². The fourth-order valence-corrected chi connectivity index (χ4v) is 4.22. The van der Waals surface area contributed by atoms with Crippen molar-refractivity contribution in [2.45, 2.75) is 84.0 Å². The molecule has 5 nitrogen and oxygen atoms in total. The van der Waals surface area contributed by atoms with Crippen molar-refractivity contribution in [1.82, 2.24) is 0 Å². The van der Waals surface area contributed by atoms with Crippen LogP contribution in [0.1, 0.15) is 65.7 Å². The second kappa shape index (κ2) is 13.0. The van der Waals surface area contributed by atoms with E-state index < -0.39 is 48.2 Å². The fraction of sp³-hybridized carbons (Fsp3) is 0.952. The standard InChI is InChI=1S/C21H36F6O5/c1-7-9-10-11-12-13-14-16(19(29-4,30-5)31-6)15(3)18(20(22,23)24,21(25,26)27)17(28)32-8-2/h15-16H,7-14H2,1-6H3. The molecule has 0 radical (unpaired) electrons. The normalized spacial score (nSPS) is 15.5. The molecule has 0 bridgehead atoms. The lowest BCUT2D eigenvalue weighted by molar-refractivity contribution is -0.408. The fourth-order valence-electron chi connectivity index (χ4n) is 4.22. The van der Waals surface area contributed by atoms with Crippen LogP contribution in [0.2, 0.25) is 0 Å². The molecule has 0 N–H and O–H groups in total. The van der Waals surface area contributed by atoms with E-state index in [0.29, 0.717) is 19.8 Å². The number of methoxy groups -OCH3 is 3. The van der Waals surface area contributed by atoms with Crippen molar-refractivity contribution < 1.29 is 50.1 Å². The Labute approximate surface area is 186 Å². The predicted octanol–water partition coefficient (Wildman–Crippen LogP) is 6.26. The van der Waals surface area contributed by atoms with E-state index in [9.17, 15) is 31.1 Å². The second-order valence-corrected chi connectivity index (χ2v) is 7.69. The van der Waals surface area contributed by atoms with E-state index >= 15 is 0 Å². The monoisotopic (exact) mass is 482 g/mol. The molecule has 0 aromatic carbocycles. The predicted molar refractivity (Wildman–Crippen MR) is 106 cm³/mol. The summed E-state index contributed by atoms with van der Waals surface area (Å²) < 4.78 is 105.